The van der Waals surface area contributed by atoms with Crippen molar-refractivity contribution in [2.24, 2.45) is 0 Å². The van der Waals surface area contributed by atoms with Crippen molar-refractivity contribution in [2.45, 2.75) is 17.4 Å². The summed E-state index contributed by atoms with van der Waals surface area (Å²) in [6, 6.07) is 13.5. The van der Waals surface area contributed by atoms with Crippen LogP contribution in [0.3, 0.4) is 0 Å². The highest BCUT2D eigenvalue weighted by atomic mass is 32.2. The molecule has 7 heteroatoms. The van der Waals surface area contributed by atoms with Crippen LogP contribution in [0.1, 0.15) is 18.1 Å². The number of rotatable bonds is 8. The lowest BCUT2D eigenvalue weighted by atomic mass is 10.1. The summed E-state index contributed by atoms with van der Waals surface area (Å²) in [5.41, 5.74) is 0.753. The average molecular weight is 351 g/mol. The van der Waals surface area contributed by atoms with Gasteiger partial charge in [0.05, 0.1) is 25.2 Å². The van der Waals surface area contributed by atoms with Crippen molar-refractivity contribution in [3.05, 3.63) is 54.1 Å². The molecule has 2 N–H and O–H groups in total. The van der Waals surface area contributed by atoms with Crippen molar-refractivity contribution in [1.82, 2.24) is 4.72 Å². The van der Waals surface area contributed by atoms with Gasteiger partial charge in [-0.2, -0.15) is 0 Å². The quantitative estimate of drug-likeness (QED) is 0.761. The molecule has 1 atom stereocenters. The number of hydrogen-bond donors (Lipinski definition) is 2. The third kappa shape index (κ3) is 4.47. The molecule has 0 saturated carbocycles. The molecular weight excluding hydrogens is 330 g/mol. The zero-order valence-corrected chi connectivity index (χ0v) is 14.4. The lowest BCUT2D eigenvalue weighted by Crippen LogP contribution is -2.26. The van der Waals surface area contributed by atoms with Gasteiger partial charge in [-0.05, 0) is 24.1 Å². The summed E-state index contributed by atoms with van der Waals surface area (Å²) < 4.78 is 37.3. The molecule has 0 aliphatic carbocycles. The molecule has 2 rings (SSSR count). The first-order valence-electron chi connectivity index (χ1n) is 7.42. The van der Waals surface area contributed by atoms with Crippen molar-refractivity contribution >= 4 is 10.0 Å². The minimum Gasteiger partial charge on any atom is -0.493 e. The van der Waals surface area contributed by atoms with Gasteiger partial charge in [-0.25, -0.2) is 13.1 Å². The molecule has 0 fully saturated rings. The topological polar surface area (TPSA) is 84.9 Å². The normalized spacial score (nSPS) is 12.6. The van der Waals surface area contributed by atoms with Crippen LogP contribution in [-0.4, -0.2) is 34.3 Å². The molecule has 0 spiro atoms. The maximum absolute atomic E-state index is 12.3. The highest BCUT2D eigenvalue weighted by Crippen LogP contribution is 2.29. The molecule has 6 nitrogen and oxygen atoms in total. The molecule has 0 aromatic heterocycles. The van der Waals surface area contributed by atoms with E-state index >= 15 is 0 Å². The number of hydrogen-bond acceptors (Lipinski definition) is 5. The number of sulfonamides is 1. The van der Waals surface area contributed by atoms with Crippen LogP contribution in [0.4, 0.5) is 0 Å². The molecule has 0 radical (unpaired) electrons. The van der Waals surface area contributed by atoms with Crippen LogP contribution in [0.5, 0.6) is 11.5 Å². The Balaban J connectivity index is 2.01. The third-order valence-electron chi connectivity index (χ3n) is 3.56. The number of aliphatic hydroxyl groups excluding tert-OH is 1. The van der Waals surface area contributed by atoms with Crippen LogP contribution >= 0.6 is 0 Å². The average Bonchev–Trinajstić information content (AvgIpc) is 2.61. The van der Waals surface area contributed by atoms with E-state index in [0.29, 0.717) is 11.5 Å². The first-order chi connectivity index (χ1) is 11.5. The van der Waals surface area contributed by atoms with Crippen molar-refractivity contribution in [3.63, 3.8) is 0 Å². The van der Waals surface area contributed by atoms with Gasteiger partial charge in [0, 0.05) is 12.6 Å². The summed E-state index contributed by atoms with van der Waals surface area (Å²) in [7, 11) is -0.769. The van der Waals surface area contributed by atoms with E-state index in [1.807, 2.05) is 18.2 Å². The summed E-state index contributed by atoms with van der Waals surface area (Å²) >= 11 is 0. The Morgan fingerprint density at radius 1 is 1.04 bits per heavy atom. The fraction of sp³-hybridized carbons (Fsp3) is 0.294. The fourth-order valence-corrected chi connectivity index (χ4v) is 3.30. The van der Waals surface area contributed by atoms with E-state index in [0.717, 1.165) is 5.56 Å². The van der Waals surface area contributed by atoms with Gasteiger partial charge in [0.25, 0.3) is 0 Å². The van der Waals surface area contributed by atoms with Crippen LogP contribution in [0.15, 0.2) is 53.4 Å². The Kier molecular flexibility index (Phi) is 6.19. The second-order valence-electron chi connectivity index (χ2n) is 5.13. The van der Waals surface area contributed by atoms with E-state index in [9.17, 15) is 13.5 Å². The van der Waals surface area contributed by atoms with Crippen molar-refractivity contribution in [2.75, 3.05) is 20.8 Å². The molecule has 0 amide bonds. The smallest absolute Gasteiger partial charge is 0.240 e. The van der Waals surface area contributed by atoms with Gasteiger partial charge in [-0.15, -0.1) is 0 Å². The van der Waals surface area contributed by atoms with Crippen molar-refractivity contribution in [1.29, 1.82) is 0 Å². The zero-order valence-electron chi connectivity index (χ0n) is 13.6. The van der Waals surface area contributed by atoms with E-state index in [2.05, 4.69) is 4.72 Å². The Morgan fingerprint density at radius 2 is 1.71 bits per heavy atom. The van der Waals surface area contributed by atoms with Gasteiger partial charge < -0.3 is 14.6 Å². The van der Waals surface area contributed by atoms with Crippen LogP contribution in [-0.2, 0) is 10.0 Å². The molecule has 2 aromatic carbocycles. The van der Waals surface area contributed by atoms with E-state index in [-0.39, 0.29) is 17.9 Å². The Hall–Kier alpha value is -2.09. The number of aliphatic hydroxyl groups is 1. The summed E-state index contributed by atoms with van der Waals surface area (Å²) in [6.45, 7) is 0.118. The van der Waals surface area contributed by atoms with Crippen LogP contribution in [0, 0.1) is 0 Å². The maximum Gasteiger partial charge on any atom is 0.240 e. The zero-order chi connectivity index (χ0) is 17.6. The fourth-order valence-electron chi connectivity index (χ4n) is 2.24. The number of nitrogens with one attached hydrogen (secondary N) is 1. The Morgan fingerprint density at radius 3 is 2.33 bits per heavy atom. The lowest BCUT2D eigenvalue weighted by molar-refractivity contribution is 0.169. The highest BCUT2D eigenvalue weighted by molar-refractivity contribution is 7.89. The number of ether oxygens (including phenoxy) is 2. The van der Waals surface area contributed by atoms with Crippen LogP contribution < -0.4 is 14.2 Å². The van der Waals surface area contributed by atoms with Gasteiger partial charge in [-0.1, -0.05) is 30.3 Å². The van der Waals surface area contributed by atoms with Gasteiger partial charge in [0.1, 0.15) is 0 Å². The predicted octanol–water partition coefficient (Wildman–Crippen LogP) is 2.11. The molecule has 0 heterocycles. The summed E-state index contributed by atoms with van der Waals surface area (Å²) in [4.78, 5) is 0.0781. The number of benzene rings is 2. The van der Waals surface area contributed by atoms with Gasteiger partial charge in [-0.3, -0.25) is 0 Å². The van der Waals surface area contributed by atoms with Gasteiger partial charge in [0.2, 0.25) is 10.0 Å². The second-order valence-corrected chi connectivity index (χ2v) is 6.90. The standard InChI is InChI=1S/C17H21NO5S/c1-22-16-9-8-14(12-17(16)23-2)24(20,21)18-11-10-15(19)13-6-4-3-5-7-13/h3-9,12,15,18-19H,10-11H2,1-2H3/t15-/m0/s1. The summed E-state index contributed by atoms with van der Waals surface area (Å²) in [5, 5.41) is 10.1. The van der Waals surface area contributed by atoms with E-state index in [4.69, 9.17) is 9.47 Å². The molecule has 0 bridgehead atoms. The second kappa shape index (κ2) is 8.14. The van der Waals surface area contributed by atoms with Gasteiger partial charge >= 0.3 is 0 Å². The highest BCUT2D eigenvalue weighted by Gasteiger charge is 2.17. The Labute approximate surface area is 142 Å². The monoisotopic (exact) mass is 351 g/mol. The third-order valence-corrected chi connectivity index (χ3v) is 5.02. The Bertz CT molecular complexity index is 762. The minimum atomic E-state index is -3.69. The van der Waals surface area contributed by atoms with E-state index in [1.54, 1.807) is 12.1 Å². The molecule has 0 aliphatic heterocycles. The first-order valence-corrected chi connectivity index (χ1v) is 8.91. The van der Waals surface area contributed by atoms with E-state index in [1.165, 1.54) is 32.4 Å². The molecule has 24 heavy (non-hydrogen) atoms. The molecule has 0 saturated heterocycles. The SMILES string of the molecule is COc1ccc(S(=O)(=O)NCC[C@H](O)c2ccccc2)cc1OC. The minimum absolute atomic E-state index is 0.0781. The van der Waals surface area contributed by atoms with Gasteiger partial charge in [0.15, 0.2) is 11.5 Å². The van der Waals surface area contributed by atoms with E-state index < -0.39 is 16.1 Å². The van der Waals surface area contributed by atoms with Crippen LogP contribution in [0.25, 0.3) is 0 Å². The lowest BCUT2D eigenvalue weighted by Gasteiger charge is -2.13. The molecule has 2 aromatic rings. The number of methoxy groups -OCH3 is 2. The maximum atomic E-state index is 12.3. The summed E-state index contributed by atoms with van der Waals surface area (Å²) in [5.74, 6) is 0.792. The first kappa shape index (κ1) is 18.3. The predicted molar refractivity (Wildman–Crippen MR) is 90.8 cm³/mol. The molecule has 0 aliphatic rings. The molecule has 130 valence electrons. The molecular formula is C17H21NO5S. The van der Waals surface area contributed by atoms with Crippen molar-refractivity contribution < 1.29 is 23.0 Å². The van der Waals surface area contributed by atoms with Crippen LogP contribution in [0.2, 0.25) is 0 Å². The van der Waals surface area contributed by atoms with Crippen molar-refractivity contribution in [3.8, 4) is 11.5 Å². The molecule has 0 unspecified atom stereocenters. The summed E-state index contributed by atoms with van der Waals surface area (Å²) in [6.07, 6.45) is -0.449. The largest absolute Gasteiger partial charge is 0.493 e.